The monoisotopic (exact) mass is 435 g/mol. The third-order valence-electron chi connectivity index (χ3n) is 5.42. The molecule has 0 spiro atoms. The van der Waals surface area contributed by atoms with Crippen molar-refractivity contribution in [3.05, 3.63) is 88.9 Å². The number of carbonyl (C=O) groups excluding carboxylic acids is 1. The number of nitrogens with zero attached hydrogens (tertiary/aromatic N) is 2. The van der Waals surface area contributed by atoms with Gasteiger partial charge in [0.05, 0.1) is 5.56 Å². The van der Waals surface area contributed by atoms with Gasteiger partial charge >= 0.3 is 0 Å². The molecular formula is C25H26ClN3O2. The lowest BCUT2D eigenvalue weighted by Crippen LogP contribution is -2.44. The van der Waals surface area contributed by atoms with E-state index >= 15 is 0 Å². The lowest BCUT2D eigenvalue weighted by Gasteiger charge is -2.34. The van der Waals surface area contributed by atoms with Gasteiger partial charge in [0.15, 0.2) is 0 Å². The highest BCUT2D eigenvalue weighted by Gasteiger charge is 2.16. The van der Waals surface area contributed by atoms with Gasteiger partial charge in [0.2, 0.25) is 0 Å². The first-order valence-electron chi connectivity index (χ1n) is 10.4. The summed E-state index contributed by atoms with van der Waals surface area (Å²) in [5, 5.41) is 3.45. The largest absolute Gasteiger partial charge is 0.488 e. The van der Waals surface area contributed by atoms with Gasteiger partial charge in [0.25, 0.3) is 5.91 Å². The van der Waals surface area contributed by atoms with Crippen molar-refractivity contribution in [2.24, 2.45) is 0 Å². The van der Waals surface area contributed by atoms with Gasteiger partial charge in [-0.25, -0.2) is 0 Å². The van der Waals surface area contributed by atoms with Crippen LogP contribution >= 0.6 is 11.6 Å². The number of halogens is 1. The van der Waals surface area contributed by atoms with Crippen molar-refractivity contribution in [3.63, 3.8) is 0 Å². The number of hydrogen-bond acceptors (Lipinski definition) is 4. The van der Waals surface area contributed by atoms with E-state index in [9.17, 15) is 4.79 Å². The molecule has 6 heteroatoms. The molecule has 3 aromatic carbocycles. The first-order valence-corrected chi connectivity index (χ1v) is 10.8. The van der Waals surface area contributed by atoms with Crippen LogP contribution in [-0.4, -0.2) is 44.0 Å². The van der Waals surface area contributed by atoms with Crippen molar-refractivity contribution in [2.75, 3.05) is 43.4 Å². The van der Waals surface area contributed by atoms with Crippen LogP contribution in [0.25, 0.3) is 0 Å². The van der Waals surface area contributed by atoms with Gasteiger partial charge in [-0.05, 0) is 55.1 Å². The molecule has 0 saturated carbocycles. The third kappa shape index (κ3) is 5.57. The maximum Gasteiger partial charge on any atom is 0.259 e. The predicted octanol–water partition coefficient (Wildman–Crippen LogP) is 4.92. The molecule has 1 N–H and O–H groups in total. The highest BCUT2D eigenvalue weighted by Crippen LogP contribution is 2.26. The lowest BCUT2D eigenvalue weighted by molar-refractivity contribution is 0.102. The Morgan fingerprint density at radius 3 is 2.39 bits per heavy atom. The topological polar surface area (TPSA) is 44.8 Å². The average molecular weight is 436 g/mol. The molecule has 0 aromatic heterocycles. The molecule has 0 unspecified atom stereocenters. The lowest BCUT2D eigenvalue weighted by atomic mass is 10.1. The molecule has 0 radical (unpaired) electrons. The number of anilines is 2. The Hall–Kier alpha value is -3.02. The summed E-state index contributed by atoms with van der Waals surface area (Å²) in [5.41, 5.74) is 3.34. The molecule has 1 saturated heterocycles. The van der Waals surface area contributed by atoms with Crippen LogP contribution in [0.5, 0.6) is 5.75 Å². The van der Waals surface area contributed by atoms with Crippen molar-refractivity contribution in [1.29, 1.82) is 0 Å². The summed E-state index contributed by atoms with van der Waals surface area (Å²) in [7, 11) is 2.14. The Bertz CT molecular complexity index is 1020. The molecule has 4 rings (SSSR count). The molecule has 0 bridgehead atoms. The number of carbonyl (C=O) groups is 1. The number of rotatable bonds is 6. The quantitative estimate of drug-likeness (QED) is 0.596. The summed E-state index contributed by atoms with van der Waals surface area (Å²) in [4.78, 5) is 17.6. The molecule has 1 aliphatic heterocycles. The van der Waals surface area contributed by atoms with E-state index in [4.69, 9.17) is 16.3 Å². The molecule has 0 aliphatic carbocycles. The SMILES string of the molecule is CN1CCN(c2ccc(NC(=O)c3cc(Cl)ccc3OCc3ccccc3)cc2)CC1. The standard InChI is InChI=1S/C25H26ClN3O2/c1-28-13-15-29(16-14-28)22-10-8-21(9-11-22)27-25(30)23-17-20(26)7-12-24(23)31-18-19-5-3-2-4-6-19/h2-12,17H,13-16,18H2,1H3,(H,27,30). The normalized spacial score (nSPS) is 14.3. The molecule has 31 heavy (non-hydrogen) atoms. The fourth-order valence-corrected chi connectivity index (χ4v) is 3.73. The zero-order valence-electron chi connectivity index (χ0n) is 17.6. The maximum atomic E-state index is 13.0. The molecule has 160 valence electrons. The van der Waals surface area contributed by atoms with E-state index in [1.54, 1.807) is 18.2 Å². The number of piperazine rings is 1. The Labute approximate surface area is 188 Å². The van der Waals surface area contributed by atoms with Crippen LogP contribution in [0, 0.1) is 0 Å². The second-order valence-corrected chi connectivity index (χ2v) is 8.14. The van der Waals surface area contributed by atoms with Gasteiger partial charge in [-0.3, -0.25) is 4.79 Å². The Kier molecular flexibility index (Phi) is 6.75. The minimum absolute atomic E-state index is 0.252. The third-order valence-corrected chi connectivity index (χ3v) is 5.65. The van der Waals surface area contributed by atoms with E-state index in [1.807, 2.05) is 54.6 Å². The van der Waals surface area contributed by atoms with Gasteiger partial charge in [-0.15, -0.1) is 0 Å². The summed E-state index contributed by atoms with van der Waals surface area (Å²) in [5.74, 6) is 0.248. The first kappa shape index (κ1) is 21.2. The zero-order valence-corrected chi connectivity index (χ0v) is 18.3. The van der Waals surface area contributed by atoms with E-state index < -0.39 is 0 Å². The highest BCUT2D eigenvalue weighted by molar-refractivity contribution is 6.31. The van der Waals surface area contributed by atoms with Gasteiger partial charge < -0.3 is 19.9 Å². The van der Waals surface area contributed by atoms with Crippen LogP contribution in [0.15, 0.2) is 72.8 Å². The second kappa shape index (κ2) is 9.86. The zero-order chi connectivity index (χ0) is 21.6. The van der Waals surface area contributed by atoms with E-state index in [0.29, 0.717) is 22.9 Å². The molecule has 1 heterocycles. The molecule has 5 nitrogen and oxygen atoms in total. The Morgan fingerprint density at radius 2 is 1.68 bits per heavy atom. The van der Waals surface area contributed by atoms with Crippen molar-refractivity contribution in [1.82, 2.24) is 4.90 Å². The van der Waals surface area contributed by atoms with E-state index in [2.05, 4.69) is 22.2 Å². The van der Waals surface area contributed by atoms with Crippen LogP contribution < -0.4 is 15.0 Å². The van der Waals surface area contributed by atoms with Crippen molar-refractivity contribution in [3.8, 4) is 5.75 Å². The van der Waals surface area contributed by atoms with Crippen molar-refractivity contribution in [2.45, 2.75) is 6.61 Å². The van der Waals surface area contributed by atoms with E-state index in [0.717, 1.165) is 37.4 Å². The number of hydrogen-bond donors (Lipinski definition) is 1. The van der Waals surface area contributed by atoms with Crippen LogP contribution in [0.2, 0.25) is 5.02 Å². The fourth-order valence-electron chi connectivity index (χ4n) is 3.56. The minimum atomic E-state index is -0.252. The smallest absolute Gasteiger partial charge is 0.259 e. The summed E-state index contributed by atoms with van der Waals surface area (Å²) in [6, 6.07) is 22.9. The number of nitrogens with one attached hydrogen (secondary N) is 1. The molecule has 0 atom stereocenters. The van der Waals surface area contributed by atoms with Crippen LogP contribution in [0.1, 0.15) is 15.9 Å². The van der Waals surface area contributed by atoms with Crippen LogP contribution in [0.3, 0.4) is 0 Å². The second-order valence-electron chi connectivity index (χ2n) is 7.71. The number of amides is 1. The van der Waals surface area contributed by atoms with Gasteiger partial charge in [-0.2, -0.15) is 0 Å². The average Bonchev–Trinajstić information content (AvgIpc) is 2.80. The molecule has 1 amide bonds. The molecule has 1 fully saturated rings. The minimum Gasteiger partial charge on any atom is -0.488 e. The number of likely N-dealkylation sites (N-methyl/N-ethyl adjacent to an activating group) is 1. The maximum absolute atomic E-state index is 13.0. The Morgan fingerprint density at radius 1 is 0.968 bits per heavy atom. The number of benzene rings is 3. The fraction of sp³-hybridized carbons (Fsp3) is 0.240. The first-order chi connectivity index (χ1) is 15.1. The van der Waals surface area contributed by atoms with Gasteiger partial charge in [0, 0.05) is 42.6 Å². The predicted molar refractivity (Wildman–Crippen MR) is 126 cm³/mol. The molecule has 3 aromatic rings. The van der Waals surface area contributed by atoms with Gasteiger partial charge in [0.1, 0.15) is 12.4 Å². The molecular weight excluding hydrogens is 410 g/mol. The van der Waals surface area contributed by atoms with Crippen molar-refractivity contribution < 1.29 is 9.53 Å². The number of ether oxygens (including phenoxy) is 1. The highest BCUT2D eigenvalue weighted by atomic mass is 35.5. The summed E-state index contributed by atoms with van der Waals surface area (Å²) in [6.07, 6.45) is 0. The Balaban J connectivity index is 1.43. The summed E-state index contributed by atoms with van der Waals surface area (Å²) >= 11 is 6.15. The summed E-state index contributed by atoms with van der Waals surface area (Å²) in [6.45, 7) is 4.50. The van der Waals surface area contributed by atoms with E-state index in [1.165, 1.54) is 5.69 Å². The van der Waals surface area contributed by atoms with Crippen LogP contribution in [0.4, 0.5) is 11.4 Å². The van der Waals surface area contributed by atoms with Gasteiger partial charge in [-0.1, -0.05) is 41.9 Å². The van der Waals surface area contributed by atoms with Crippen LogP contribution in [-0.2, 0) is 6.61 Å². The van der Waals surface area contributed by atoms with E-state index in [-0.39, 0.29) is 5.91 Å². The van der Waals surface area contributed by atoms with Crippen molar-refractivity contribution >= 4 is 28.9 Å². The summed E-state index contributed by atoms with van der Waals surface area (Å²) < 4.78 is 5.91. The molecule has 1 aliphatic rings.